The van der Waals surface area contributed by atoms with Crippen LogP contribution in [0.5, 0.6) is 0 Å². The van der Waals surface area contributed by atoms with Gasteiger partial charge in [-0.05, 0) is 51.8 Å². The summed E-state index contributed by atoms with van der Waals surface area (Å²) in [5.41, 5.74) is 0.605. The summed E-state index contributed by atoms with van der Waals surface area (Å²) in [6.45, 7) is 10.6. The van der Waals surface area contributed by atoms with E-state index >= 15 is 0 Å². The van der Waals surface area contributed by atoms with Crippen molar-refractivity contribution in [3.8, 4) is 0 Å². The second-order valence-electron chi connectivity index (χ2n) is 6.76. The molecule has 0 aliphatic carbocycles. The van der Waals surface area contributed by atoms with Gasteiger partial charge in [-0.3, -0.25) is 0 Å². The standard InChI is InChI=1S/C17H28F2N2/c1-7-8-12(2)21(6)16-14(18)9-13(10-15(16)19)11-20-17(3,4)5/h9-10,12,20H,7-8,11H2,1-6H3. The maximum atomic E-state index is 14.3. The third-order valence-corrected chi connectivity index (χ3v) is 3.62. The van der Waals surface area contributed by atoms with E-state index in [2.05, 4.69) is 12.2 Å². The molecule has 1 N–H and O–H groups in total. The van der Waals surface area contributed by atoms with Crippen LogP contribution in [0.25, 0.3) is 0 Å². The second kappa shape index (κ2) is 7.21. The maximum Gasteiger partial charge on any atom is 0.149 e. The molecule has 4 heteroatoms. The number of hydrogen-bond acceptors (Lipinski definition) is 2. The molecule has 0 bridgehead atoms. The molecule has 21 heavy (non-hydrogen) atoms. The van der Waals surface area contributed by atoms with Gasteiger partial charge in [-0.1, -0.05) is 13.3 Å². The van der Waals surface area contributed by atoms with Gasteiger partial charge >= 0.3 is 0 Å². The fourth-order valence-corrected chi connectivity index (χ4v) is 2.26. The third kappa shape index (κ3) is 5.27. The van der Waals surface area contributed by atoms with Gasteiger partial charge in [0.1, 0.15) is 17.3 Å². The highest BCUT2D eigenvalue weighted by Gasteiger charge is 2.19. The van der Waals surface area contributed by atoms with Crippen LogP contribution in [0.1, 0.15) is 53.0 Å². The SMILES string of the molecule is CCCC(C)N(C)c1c(F)cc(CNC(C)(C)C)cc1F. The molecular formula is C17H28F2N2. The van der Waals surface area contributed by atoms with Crippen molar-refractivity contribution in [2.45, 2.75) is 65.6 Å². The predicted molar refractivity (Wildman–Crippen MR) is 85.7 cm³/mol. The van der Waals surface area contributed by atoms with Gasteiger partial charge in [0.25, 0.3) is 0 Å². The molecule has 1 aromatic carbocycles. The molecule has 1 rings (SSSR count). The van der Waals surface area contributed by atoms with Crippen LogP contribution in [-0.4, -0.2) is 18.6 Å². The van der Waals surface area contributed by atoms with Gasteiger partial charge in [0.05, 0.1) is 0 Å². The summed E-state index contributed by atoms with van der Waals surface area (Å²) in [6.07, 6.45) is 1.89. The van der Waals surface area contributed by atoms with E-state index in [4.69, 9.17) is 0 Å². The first kappa shape index (κ1) is 17.9. The molecule has 2 nitrogen and oxygen atoms in total. The molecule has 0 spiro atoms. The lowest BCUT2D eigenvalue weighted by molar-refractivity contribution is 0.422. The van der Waals surface area contributed by atoms with E-state index in [0.29, 0.717) is 12.1 Å². The third-order valence-electron chi connectivity index (χ3n) is 3.62. The average Bonchev–Trinajstić information content (AvgIpc) is 2.35. The Balaban J connectivity index is 2.94. The highest BCUT2D eigenvalue weighted by atomic mass is 19.1. The van der Waals surface area contributed by atoms with Crippen molar-refractivity contribution in [2.24, 2.45) is 0 Å². The van der Waals surface area contributed by atoms with E-state index in [1.54, 1.807) is 11.9 Å². The number of halogens is 2. The normalized spacial score (nSPS) is 13.3. The van der Waals surface area contributed by atoms with Gasteiger partial charge in [-0.25, -0.2) is 8.78 Å². The first-order valence-corrected chi connectivity index (χ1v) is 7.61. The second-order valence-corrected chi connectivity index (χ2v) is 6.76. The number of rotatable bonds is 6. The van der Waals surface area contributed by atoms with E-state index in [1.807, 2.05) is 27.7 Å². The van der Waals surface area contributed by atoms with Crippen LogP contribution in [-0.2, 0) is 6.54 Å². The smallest absolute Gasteiger partial charge is 0.149 e. The highest BCUT2D eigenvalue weighted by Crippen LogP contribution is 2.26. The zero-order chi connectivity index (χ0) is 16.2. The van der Waals surface area contributed by atoms with E-state index in [-0.39, 0.29) is 17.3 Å². The molecule has 0 amide bonds. The van der Waals surface area contributed by atoms with Crippen molar-refractivity contribution in [1.82, 2.24) is 5.32 Å². The Bertz CT molecular complexity index is 443. The first-order valence-electron chi connectivity index (χ1n) is 7.61. The van der Waals surface area contributed by atoms with Crippen molar-refractivity contribution < 1.29 is 8.78 Å². The van der Waals surface area contributed by atoms with Crippen LogP contribution in [0.4, 0.5) is 14.5 Å². The number of nitrogens with zero attached hydrogens (tertiary/aromatic N) is 1. The Morgan fingerprint density at radius 3 is 2.14 bits per heavy atom. The number of anilines is 1. The van der Waals surface area contributed by atoms with Gasteiger partial charge in [0, 0.05) is 25.2 Å². The number of nitrogens with one attached hydrogen (secondary N) is 1. The van der Waals surface area contributed by atoms with E-state index in [0.717, 1.165) is 12.8 Å². The molecule has 1 aromatic rings. The monoisotopic (exact) mass is 298 g/mol. The Kier molecular flexibility index (Phi) is 6.14. The van der Waals surface area contributed by atoms with Crippen LogP contribution in [0.3, 0.4) is 0 Å². The van der Waals surface area contributed by atoms with Crippen molar-refractivity contribution in [3.05, 3.63) is 29.3 Å². The fourth-order valence-electron chi connectivity index (χ4n) is 2.26. The van der Waals surface area contributed by atoms with Crippen LogP contribution in [0, 0.1) is 11.6 Å². The van der Waals surface area contributed by atoms with Gasteiger partial charge in [0.15, 0.2) is 0 Å². The molecule has 0 heterocycles. The lowest BCUT2D eigenvalue weighted by Crippen LogP contribution is -2.35. The highest BCUT2D eigenvalue weighted by molar-refractivity contribution is 5.50. The van der Waals surface area contributed by atoms with Crippen molar-refractivity contribution in [3.63, 3.8) is 0 Å². The topological polar surface area (TPSA) is 15.3 Å². The number of benzene rings is 1. The fraction of sp³-hybridized carbons (Fsp3) is 0.647. The number of hydrogen-bond donors (Lipinski definition) is 1. The van der Waals surface area contributed by atoms with E-state index in [9.17, 15) is 8.78 Å². The predicted octanol–water partition coefficient (Wildman–Crippen LogP) is 4.48. The molecular weight excluding hydrogens is 270 g/mol. The molecule has 0 aliphatic rings. The van der Waals surface area contributed by atoms with E-state index < -0.39 is 11.6 Å². The summed E-state index contributed by atoms with van der Waals surface area (Å²) < 4.78 is 28.5. The van der Waals surface area contributed by atoms with Crippen molar-refractivity contribution in [2.75, 3.05) is 11.9 Å². The molecule has 0 fully saturated rings. The summed E-state index contributed by atoms with van der Waals surface area (Å²) in [5, 5.41) is 3.24. The molecule has 0 saturated carbocycles. The maximum absolute atomic E-state index is 14.3. The van der Waals surface area contributed by atoms with Gasteiger partial charge in [-0.2, -0.15) is 0 Å². The van der Waals surface area contributed by atoms with Crippen molar-refractivity contribution in [1.29, 1.82) is 0 Å². The van der Waals surface area contributed by atoms with Crippen molar-refractivity contribution >= 4 is 5.69 Å². The quantitative estimate of drug-likeness (QED) is 0.833. The zero-order valence-electron chi connectivity index (χ0n) is 14.1. The average molecular weight is 298 g/mol. The molecule has 1 unspecified atom stereocenters. The van der Waals surface area contributed by atoms with Crippen LogP contribution < -0.4 is 10.2 Å². The summed E-state index contributed by atoms with van der Waals surface area (Å²) in [7, 11) is 1.74. The lowest BCUT2D eigenvalue weighted by atomic mass is 10.1. The van der Waals surface area contributed by atoms with Gasteiger partial charge < -0.3 is 10.2 Å². The summed E-state index contributed by atoms with van der Waals surface area (Å²) in [5.74, 6) is -0.989. The molecule has 0 saturated heterocycles. The molecule has 120 valence electrons. The van der Waals surface area contributed by atoms with Crippen LogP contribution >= 0.6 is 0 Å². The lowest BCUT2D eigenvalue weighted by Gasteiger charge is -2.28. The van der Waals surface area contributed by atoms with Crippen LogP contribution in [0.2, 0.25) is 0 Å². The van der Waals surface area contributed by atoms with Gasteiger partial charge in [0.2, 0.25) is 0 Å². The summed E-state index contributed by atoms with van der Waals surface area (Å²) in [4.78, 5) is 1.69. The Morgan fingerprint density at radius 1 is 1.19 bits per heavy atom. The summed E-state index contributed by atoms with van der Waals surface area (Å²) >= 11 is 0. The largest absolute Gasteiger partial charge is 0.367 e. The Hall–Kier alpha value is -1.16. The Labute approximate surface area is 127 Å². The van der Waals surface area contributed by atoms with E-state index in [1.165, 1.54) is 12.1 Å². The first-order chi connectivity index (χ1) is 9.65. The minimum Gasteiger partial charge on any atom is -0.367 e. The molecule has 1 atom stereocenters. The van der Waals surface area contributed by atoms with Gasteiger partial charge in [-0.15, -0.1) is 0 Å². The summed E-state index contributed by atoms with van der Waals surface area (Å²) in [6, 6.07) is 2.95. The molecule has 0 radical (unpaired) electrons. The molecule has 0 aromatic heterocycles. The molecule has 0 aliphatic heterocycles. The minimum atomic E-state index is -0.494. The Morgan fingerprint density at radius 2 is 1.71 bits per heavy atom. The minimum absolute atomic E-state index is 0.0652. The zero-order valence-corrected chi connectivity index (χ0v) is 14.1. The van der Waals surface area contributed by atoms with Crippen LogP contribution in [0.15, 0.2) is 12.1 Å².